The lowest BCUT2D eigenvalue weighted by Crippen LogP contribution is -2.49. The van der Waals surface area contributed by atoms with Crippen LogP contribution in [0.25, 0.3) is 0 Å². The van der Waals surface area contributed by atoms with Gasteiger partial charge >= 0.3 is 12.1 Å². The van der Waals surface area contributed by atoms with Crippen molar-refractivity contribution in [2.45, 2.75) is 18.9 Å². The van der Waals surface area contributed by atoms with Gasteiger partial charge in [0, 0.05) is 17.3 Å². The number of halogens is 1. The normalized spacial score (nSPS) is 25.0. The maximum atomic E-state index is 12.6. The van der Waals surface area contributed by atoms with Crippen molar-refractivity contribution in [3.8, 4) is 0 Å². The number of carbonyl (C=O) groups is 2. The van der Waals surface area contributed by atoms with Crippen molar-refractivity contribution in [1.29, 1.82) is 0 Å². The van der Waals surface area contributed by atoms with E-state index in [1.807, 2.05) is 18.2 Å². The molecule has 3 aliphatic rings. The molecule has 2 unspecified atom stereocenters. The molecule has 0 radical (unpaired) electrons. The first kappa shape index (κ1) is 18.6. The average molecular weight is 399 g/mol. The van der Waals surface area contributed by atoms with E-state index < -0.39 is 12.1 Å². The summed E-state index contributed by atoms with van der Waals surface area (Å²) in [5.41, 5.74) is 1.10. The maximum absolute atomic E-state index is 12.6. The number of aliphatic imine (C=N–C) groups is 2. The van der Waals surface area contributed by atoms with Gasteiger partial charge in [0.25, 0.3) is 0 Å². The van der Waals surface area contributed by atoms with Crippen molar-refractivity contribution < 1.29 is 14.3 Å². The Labute approximate surface area is 167 Å². The average Bonchev–Trinajstić information content (AvgIpc) is 3.18. The Morgan fingerprint density at radius 1 is 1.39 bits per heavy atom. The molecule has 1 aromatic carbocycles. The quantitative estimate of drug-likeness (QED) is 0.833. The summed E-state index contributed by atoms with van der Waals surface area (Å²) in [6.07, 6.45) is 9.04. The lowest BCUT2D eigenvalue weighted by atomic mass is 9.94. The van der Waals surface area contributed by atoms with E-state index in [1.54, 1.807) is 30.3 Å². The Hall–Kier alpha value is -2.77. The number of fused-ring (bicyclic) bond motifs is 1. The Kier molecular flexibility index (Phi) is 5.36. The zero-order chi connectivity index (χ0) is 19.5. The summed E-state index contributed by atoms with van der Waals surface area (Å²) in [4.78, 5) is 35.0. The van der Waals surface area contributed by atoms with Crippen molar-refractivity contribution in [1.82, 2.24) is 4.90 Å². The fourth-order valence-corrected chi connectivity index (χ4v) is 3.60. The number of amides is 4. The molecule has 8 heteroatoms. The van der Waals surface area contributed by atoms with E-state index in [9.17, 15) is 9.59 Å². The summed E-state index contributed by atoms with van der Waals surface area (Å²) in [5, 5.41) is 3.20. The highest BCUT2D eigenvalue weighted by molar-refractivity contribution is 6.31. The van der Waals surface area contributed by atoms with Crippen LogP contribution in [0.15, 0.2) is 58.6 Å². The Morgan fingerprint density at radius 2 is 2.29 bits per heavy atom. The number of anilines is 1. The second kappa shape index (κ2) is 8.08. The van der Waals surface area contributed by atoms with Crippen LogP contribution in [-0.2, 0) is 4.74 Å². The van der Waals surface area contributed by atoms with Gasteiger partial charge in [-0.1, -0.05) is 35.9 Å². The number of benzene rings is 1. The number of allylic oxidation sites excluding steroid dienone is 3. The third-order valence-electron chi connectivity index (χ3n) is 4.71. The summed E-state index contributed by atoms with van der Waals surface area (Å²) < 4.78 is 5.66. The van der Waals surface area contributed by atoms with Crippen LogP contribution >= 0.6 is 11.6 Å². The molecule has 2 atom stereocenters. The number of hydrogen-bond acceptors (Lipinski definition) is 3. The van der Waals surface area contributed by atoms with E-state index >= 15 is 0 Å². The molecule has 1 saturated heterocycles. The van der Waals surface area contributed by atoms with Gasteiger partial charge in [0.1, 0.15) is 5.84 Å². The van der Waals surface area contributed by atoms with Gasteiger partial charge in [0.15, 0.2) is 0 Å². The second-order valence-electron chi connectivity index (χ2n) is 6.70. The van der Waals surface area contributed by atoms with Crippen molar-refractivity contribution in [3.63, 3.8) is 0 Å². The lowest BCUT2D eigenvalue weighted by molar-refractivity contribution is 0.0956. The molecule has 28 heavy (non-hydrogen) atoms. The van der Waals surface area contributed by atoms with E-state index in [4.69, 9.17) is 16.3 Å². The molecule has 0 spiro atoms. The first-order valence-electron chi connectivity index (χ1n) is 9.12. The van der Waals surface area contributed by atoms with E-state index in [0.29, 0.717) is 35.4 Å². The van der Waals surface area contributed by atoms with E-state index in [-0.39, 0.29) is 12.0 Å². The molecule has 0 saturated carbocycles. The summed E-state index contributed by atoms with van der Waals surface area (Å²) in [7, 11) is 0. The van der Waals surface area contributed by atoms with Crippen LogP contribution in [0.5, 0.6) is 0 Å². The molecular weight excluding hydrogens is 380 g/mol. The highest BCUT2D eigenvalue weighted by atomic mass is 35.5. The first-order chi connectivity index (χ1) is 13.6. The second-order valence-corrected chi connectivity index (χ2v) is 7.13. The van der Waals surface area contributed by atoms with Gasteiger partial charge < -0.3 is 10.1 Å². The van der Waals surface area contributed by atoms with Crippen molar-refractivity contribution in [3.05, 3.63) is 53.6 Å². The predicted octanol–water partition coefficient (Wildman–Crippen LogP) is 4.07. The van der Waals surface area contributed by atoms with Crippen LogP contribution in [0.3, 0.4) is 0 Å². The molecule has 144 valence electrons. The molecule has 0 bridgehead atoms. The van der Waals surface area contributed by atoms with Gasteiger partial charge in [-0.15, -0.1) is 0 Å². The number of nitrogens with zero attached hydrogens (tertiary/aromatic N) is 3. The minimum absolute atomic E-state index is 0.0787. The maximum Gasteiger partial charge on any atom is 0.349 e. The third-order valence-corrected chi connectivity index (χ3v) is 4.95. The van der Waals surface area contributed by atoms with Crippen LogP contribution in [-0.4, -0.2) is 47.8 Å². The molecule has 2 heterocycles. The zero-order valence-electron chi connectivity index (χ0n) is 15.0. The lowest BCUT2D eigenvalue weighted by Gasteiger charge is -2.32. The van der Waals surface area contributed by atoms with Crippen LogP contribution < -0.4 is 5.32 Å². The smallest absolute Gasteiger partial charge is 0.349 e. The van der Waals surface area contributed by atoms with Gasteiger partial charge in [0.05, 0.1) is 24.3 Å². The topological polar surface area (TPSA) is 83.4 Å². The van der Waals surface area contributed by atoms with Gasteiger partial charge in [-0.2, -0.15) is 9.98 Å². The molecular formula is C20H19ClN4O3. The highest BCUT2D eigenvalue weighted by Gasteiger charge is 2.36. The van der Waals surface area contributed by atoms with E-state index in [2.05, 4.69) is 15.3 Å². The number of rotatable bonds is 3. The van der Waals surface area contributed by atoms with Crippen LogP contribution in [0, 0.1) is 5.92 Å². The number of urea groups is 2. The Morgan fingerprint density at radius 3 is 3.07 bits per heavy atom. The van der Waals surface area contributed by atoms with Gasteiger partial charge in [-0.05, 0) is 37.1 Å². The molecule has 1 fully saturated rings. The Bertz CT molecular complexity index is 916. The molecule has 1 aliphatic carbocycles. The molecule has 4 rings (SSSR count). The number of hydrogen-bond donors (Lipinski definition) is 1. The number of ether oxygens (including phenoxy) is 1. The fourth-order valence-electron chi connectivity index (χ4n) is 3.41. The van der Waals surface area contributed by atoms with Crippen molar-refractivity contribution >= 4 is 40.9 Å². The van der Waals surface area contributed by atoms with Crippen LogP contribution in [0.4, 0.5) is 15.3 Å². The number of amidine groups is 1. The monoisotopic (exact) mass is 398 g/mol. The standard InChI is InChI=1S/C20H19ClN4O3/c21-13-5-3-6-14(11-13)22-19(26)24-18-16-8-1-2-9-17(16)23-20(27)25(18)12-15-7-4-10-28-15/h1-3,5-6,8-9,11,15-16H,4,7,10,12H2,(H,22,26)/b24-18+. The summed E-state index contributed by atoms with van der Waals surface area (Å²) >= 11 is 5.96. The summed E-state index contributed by atoms with van der Waals surface area (Å²) in [6, 6.07) is 5.79. The molecule has 1 N–H and O–H groups in total. The van der Waals surface area contributed by atoms with Crippen LogP contribution in [0.2, 0.25) is 5.02 Å². The van der Waals surface area contributed by atoms with Gasteiger partial charge in [-0.3, -0.25) is 4.90 Å². The number of nitrogens with one attached hydrogen (secondary N) is 1. The third kappa shape index (κ3) is 4.05. The van der Waals surface area contributed by atoms with Gasteiger partial charge in [-0.25, -0.2) is 9.59 Å². The molecule has 7 nitrogen and oxygen atoms in total. The molecule has 0 aromatic heterocycles. The Balaban J connectivity index is 1.62. The van der Waals surface area contributed by atoms with E-state index in [1.165, 1.54) is 4.90 Å². The zero-order valence-corrected chi connectivity index (χ0v) is 15.8. The SMILES string of the molecule is O=C(/N=C1\C2C=CC=CC2=NC(=O)N1CC1CCCO1)Nc1cccc(Cl)c1. The first-order valence-corrected chi connectivity index (χ1v) is 9.49. The van der Waals surface area contributed by atoms with Gasteiger partial charge in [0.2, 0.25) is 0 Å². The largest absolute Gasteiger partial charge is 0.376 e. The highest BCUT2D eigenvalue weighted by Crippen LogP contribution is 2.24. The molecule has 2 aliphatic heterocycles. The van der Waals surface area contributed by atoms with E-state index in [0.717, 1.165) is 12.8 Å². The number of carbonyl (C=O) groups excluding carboxylic acids is 2. The predicted molar refractivity (Wildman–Crippen MR) is 108 cm³/mol. The molecule has 4 amide bonds. The summed E-state index contributed by atoms with van der Waals surface area (Å²) in [6.45, 7) is 1.00. The van der Waals surface area contributed by atoms with Crippen molar-refractivity contribution in [2.75, 3.05) is 18.5 Å². The fraction of sp³-hybridized carbons (Fsp3) is 0.300. The minimum Gasteiger partial charge on any atom is -0.376 e. The summed E-state index contributed by atoms with van der Waals surface area (Å²) in [5.74, 6) is -0.000146. The molecule has 1 aromatic rings. The van der Waals surface area contributed by atoms with Crippen molar-refractivity contribution in [2.24, 2.45) is 15.9 Å². The van der Waals surface area contributed by atoms with Crippen LogP contribution in [0.1, 0.15) is 12.8 Å². The minimum atomic E-state index is -0.577.